The minimum absolute atomic E-state index is 0.0378. The average molecular weight is 329 g/mol. The normalized spacial score (nSPS) is 32.8. The van der Waals surface area contributed by atoms with Crippen LogP contribution in [0.25, 0.3) is 0 Å². The molecule has 1 aromatic rings. The molecule has 4 atom stereocenters. The second-order valence-corrected chi connectivity index (χ2v) is 7.83. The molecule has 1 aliphatic heterocycles. The number of aliphatic hydroxyl groups is 1. The Kier molecular flexibility index (Phi) is 4.13. The monoisotopic (exact) mass is 329 g/mol. The molecule has 4 nitrogen and oxygen atoms in total. The van der Waals surface area contributed by atoms with Crippen molar-refractivity contribution in [3.8, 4) is 0 Å². The van der Waals surface area contributed by atoms with Crippen molar-refractivity contribution < 1.29 is 14.6 Å². The molecule has 2 aliphatic carbocycles. The Morgan fingerprint density at radius 2 is 1.88 bits per heavy atom. The molecule has 3 aliphatic rings. The molecule has 4 unspecified atom stereocenters. The molecule has 4 heteroatoms. The van der Waals surface area contributed by atoms with Crippen molar-refractivity contribution >= 4 is 5.97 Å². The van der Waals surface area contributed by atoms with E-state index < -0.39 is 11.6 Å². The molecule has 0 spiro atoms. The van der Waals surface area contributed by atoms with Crippen LogP contribution in [-0.2, 0) is 15.1 Å². The number of carbonyl (C=O) groups excluding carboxylic acids is 1. The lowest BCUT2D eigenvalue weighted by Gasteiger charge is -2.34. The zero-order valence-electron chi connectivity index (χ0n) is 14.4. The first kappa shape index (κ1) is 16.1. The van der Waals surface area contributed by atoms with Gasteiger partial charge in [-0.2, -0.15) is 0 Å². The fourth-order valence-corrected chi connectivity index (χ4v) is 5.14. The summed E-state index contributed by atoms with van der Waals surface area (Å²) in [4.78, 5) is 15.4. The Labute approximate surface area is 143 Å². The highest BCUT2D eigenvalue weighted by Crippen LogP contribution is 2.44. The third kappa shape index (κ3) is 2.47. The molecule has 24 heavy (non-hydrogen) atoms. The number of likely N-dealkylation sites (N-methyl/N-ethyl adjacent to an activating group) is 1. The Hall–Kier alpha value is -1.39. The summed E-state index contributed by atoms with van der Waals surface area (Å²) in [6.07, 6.45) is 6.08. The maximum Gasteiger partial charge on any atom is 0.343 e. The van der Waals surface area contributed by atoms with Gasteiger partial charge in [0.1, 0.15) is 6.10 Å². The van der Waals surface area contributed by atoms with Crippen molar-refractivity contribution in [1.82, 2.24) is 4.90 Å². The fourth-order valence-electron chi connectivity index (χ4n) is 5.14. The number of fused-ring (bicyclic) bond motifs is 2. The number of nitrogens with zero attached hydrogens (tertiary/aromatic N) is 1. The lowest BCUT2D eigenvalue weighted by molar-refractivity contribution is -0.181. The van der Waals surface area contributed by atoms with Crippen molar-refractivity contribution in [3.05, 3.63) is 35.9 Å². The first-order valence-corrected chi connectivity index (χ1v) is 9.30. The van der Waals surface area contributed by atoms with Crippen molar-refractivity contribution in [3.63, 3.8) is 0 Å². The van der Waals surface area contributed by atoms with Gasteiger partial charge in [0.25, 0.3) is 0 Å². The summed E-state index contributed by atoms with van der Waals surface area (Å²) in [6.45, 7) is 0.996. The molecule has 4 rings (SSSR count). The van der Waals surface area contributed by atoms with E-state index in [4.69, 9.17) is 4.74 Å². The Morgan fingerprint density at radius 1 is 1.17 bits per heavy atom. The van der Waals surface area contributed by atoms with Crippen LogP contribution in [0.1, 0.15) is 44.1 Å². The molecule has 0 radical (unpaired) electrons. The minimum Gasteiger partial charge on any atom is -0.458 e. The molecular weight excluding hydrogens is 302 g/mol. The first-order chi connectivity index (χ1) is 11.6. The van der Waals surface area contributed by atoms with Crippen LogP contribution in [0.5, 0.6) is 0 Å². The van der Waals surface area contributed by atoms with Crippen LogP contribution in [0, 0.1) is 11.8 Å². The Bertz CT molecular complexity index is 598. The number of rotatable bonds is 4. The summed E-state index contributed by atoms with van der Waals surface area (Å²) in [7, 11) is 2.10. The molecule has 0 amide bonds. The van der Waals surface area contributed by atoms with Crippen molar-refractivity contribution in [2.45, 2.75) is 56.3 Å². The predicted octanol–water partition coefficient (Wildman–Crippen LogP) is 2.70. The predicted molar refractivity (Wildman–Crippen MR) is 91.3 cm³/mol. The smallest absolute Gasteiger partial charge is 0.343 e. The van der Waals surface area contributed by atoms with Crippen LogP contribution in [0.4, 0.5) is 0 Å². The van der Waals surface area contributed by atoms with E-state index in [9.17, 15) is 9.90 Å². The van der Waals surface area contributed by atoms with E-state index in [-0.39, 0.29) is 12.0 Å². The lowest BCUT2D eigenvalue weighted by atomic mass is 9.80. The number of esters is 1. The van der Waals surface area contributed by atoms with Gasteiger partial charge in [-0.3, -0.25) is 4.90 Å². The zero-order chi connectivity index (χ0) is 16.7. The molecule has 1 saturated heterocycles. The van der Waals surface area contributed by atoms with Gasteiger partial charge in [0.15, 0.2) is 5.60 Å². The summed E-state index contributed by atoms with van der Waals surface area (Å²) in [5.41, 5.74) is -0.821. The zero-order valence-corrected chi connectivity index (χ0v) is 14.4. The summed E-state index contributed by atoms with van der Waals surface area (Å²) in [5, 5.41) is 11.5. The molecule has 130 valence electrons. The van der Waals surface area contributed by atoms with E-state index in [1.165, 1.54) is 0 Å². The van der Waals surface area contributed by atoms with E-state index in [1.807, 2.05) is 30.3 Å². The third-order valence-corrected chi connectivity index (χ3v) is 6.48. The van der Waals surface area contributed by atoms with Crippen molar-refractivity contribution in [2.24, 2.45) is 11.8 Å². The van der Waals surface area contributed by atoms with E-state index in [0.29, 0.717) is 17.5 Å². The quantitative estimate of drug-likeness (QED) is 0.863. The number of benzene rings is 1. The van der Waals surface area contributed by atoms with Gasteiger partial charge in [-0.25, -0.2) is 4.79 Å². The second kappa shape index (κ2) is 6.16. The van der Waals surface area contributed by atoms with Gasteiger partial charge in [-0.05, 0) is 38.3 Å². The molecular formula is C20H27NO3. The third-order valence-electron chi connectivity index (χ3n) is 6.48. The molecule has 3 fully saturated rings. The number of carbonyl (C=O) groups is 1. The Balaban J connectivity index is 1.60. The van der Waals surface area contributed by atoms with Crippen molar-refractivity contribution in [2.75, 3.05) is 13.6 Å². The molecule has 1 N–H and O–H groups in total. The SMILES string of the molecule is CN1CC2CCC1C2OC(=O)C(O)(c1ccccc1)C1CCCC1. The molecule has 1 aromatic carbocycles. The van der Waals surface area contributed by atoms with Crippen LogP contribution in [-0.4, -0.2) is 41.7 Å². The molecule has 0 aromatic heterocycles. The van der Waals surface area contributed by atoms with Crippen LogP contribution < -0.4 is 0 Å². The summed E-state index contributed by atoms with van der Waals surface area (Å²) in [6, 6.07) is 9.72. The molecule has 2 saturated carbocycles. The fraction of sp³-hybridized carbons (Fsp3) is 0.650. The van der Waals surface area contributed by atoms with Gasteiger partial charge in [0.05, 0.1) is 0 Å². The van der Waals surface area contributed by atoms with Crippen LogP contribution in [0.2, 0.25) is 0 Å². The van der Waals surface area contributed by atoms with Gasteiger partial charge in [0.2, 0.25) is 0 Å². The highest BCUT2D eigenvalue weighted by Gasteiger charge is 2.53. The van der Waals surface area contributed by atoms with Gasteiger partial charge in [-0.1, -0.05) is 43.2 Å². The standard InChI is InChI=1S/C20H27NO3/c1-21-13-14-11-12-17(21)18(14)24-19(22)20(23,16-9-5-6-10-16)15-7-3-2-4-8-15/h2-4,7-8,14,16-18,23H,5-6,9-13H2,1H3. The summed E-state index contributed by atoms with van der Waals surface area (Å²) < 4.78 is 5.97. The molecule has 1 heterocycles. The Morgan fingerprint density at radius 3 is 2.46 bits per heavy atom. The summed E-state index contributed by atoms with van der Waals surface area (Å²) >= 11 is 0. The van der Waals surface area contributed by atoms with Crippen molar-refractivity contribution in [1.29, 1.82) is 0 Å². The maximum absolute atomic E-state index is 13.1. The van der Waals surface area contributed by atoms with Crippen LogP contribution in [0.15, 0.2) is 30.3 Å². The van der Waals surface area contributed by atoms with E-state index >= 15 is 0 Å². The van der Waals surface area contributed by atoms with Gasteiger partial charge in [0, 0.05) is 24.4 Å². The average Bonchev–Trinajstić information content (AvgIpc) is 3.32. The number of likely N-dealkylation sites (tertiary alicyclic amines) is 1. The van der Waals surface area contributed by atoms with E-state index in [2.05, 4.69) is 11.9 Å². The number of hydrogen-bond acceptors (Lipinski definition) is 4. The van der Waals surface area contributed by atoms with E-state index in [0.717, 1.165) is 45.1 Å². The largest absolute Gasteiger partial charge is 0.458 e. The highest BCUT2D eigenvalue weighted by atomic mass is 16.6. The van der Waals surface area contributed by atoms with Gasteiger partial charge < -0.3 is 9.84 Å². The second-order valence-electron chi connectivity index (χ2n) is 7.83. The number of hydrogen-bond donors (Lipinski definition) is 1. The maximum atomic E-state index is 13.1. The van der Waals surface area contributed by atoms with Gasteiger partial charge >= 0.3 is 5.97 Å². The van der Waals surface area contributed by atoms with Crippen LogP contribution >= 0.6 is 0 Å². The first-order valence-electron chi connectivity index (χ1n) is 9.30. The lowest BCUT2D eigenvalue weighted by Crippen LogP contribution is -2.46. The minimum atomic E-state index is -1.50. The topological polar surface area (TPSA) is 49.8 Å². The number of ether oxygens (including phenoxy) is 1. The summed E-state index contributed by atoms with van der Waals surface area (Å²) in [5.74, 6) is -0.0467. The van der Waals surface area contributed by atoms with E-state index in [1.54, 1.807) is 0 Å². The highest BCUT2D eigenvalue weighted by molar-refractivity contribution is 5.82. The van der Waals surface area contributed by atoms with Crippen LogP contribution in [0.3, 0.4) is 0 Å². The van der Waals surface area contributed by atoms with Gasteiger partial charge in [-0.15, -0.1) is 0 Å². The number of piperidine rings is 1. The molecule has 2 bridgehead atoms.